The number of thioether (sulfide) groups is 1. The molecule has 2 aromatic rings. The minimum Gasteiger partial charge on any atom is -0.370 e. The molecule has 0 aromatic heterocycles. The van der Waals surface area contributed by atoms with Crippen molar-refractivity contribution < 1.29 is 13.2 Å². The van der Waals surface area contributed by atoms with Gasteiger partial charge in [0.15, 0.2) is 9.84 Å². The second-order valence-corrected chi connectivity index (χ2v) is 9.49. The van der Waals surface area contributed by atoms with E-state index in [4.69, 9.17) is 0 Å². The average molecular weight is 391 g/mol. The molecule has 1 fully saturated rings. The molecular weight excluding hydrogens is 368 g/mol. The lowest BCUT2D eigenvalue weighted by atomic mass is 10.1. The molecule has 1 saturated heterocycles. The maximum atomic E-state index is 12.2. The summed E-state index contributed by atoms with van der Waals surface area (Å²) in [6, 6.07) is 14.2. The highest BCUT2D eigenvalue weighted by Gasteiger charge is 2.12. The van der Waals surface area contributed by atoms with Crippen molar-refractivity contribution in [1.82, 2.24) is 5.32 Å². The Bertz CT molecular complexity index is 857. The molecule has 1 aliphatic rings. The molecule has 1 amide bonds. The molecule has 1 aliphatic heterocycles. The van der Waals surface area contributed by atoms with Gasteiger partial charge < -0.3 is 10.2 Å². The second kappa shape index (κ2) is 8.14. The summed E-state index contributed by atoms with van der Waals surface area (Å²) in [4.78, 5) is 14.8. The zero-order chi connectivity index (χ0) is 18.6. The van der Waals surface area contributed by atoms with E-state index in [2.05, 4.69) is 22.3 Å². The Morgan fingerprint density at radius 3 is 2.23 bits per heavy atom. The second-order valence-electron chi connectivity index (χ2n) is 6.25. The first-order valence-corrected chi connectivity index (χ1v) is 11.5. The van der Waals surface area contributed by atoms with Crippen LogP contribution in [0.1, 0.15) is 15.9 Å². The van der Waals surface area contributed by atoms with Crippen LogP contribution in [-0.4, -0.2) is 45.2 Å². The highest BCUT2D eigenvalue weighted by Crippen LogP contribution is 2.20. The molecule has 0 spiro atoms. The molecule has 26 heavy (non-hydrogen) atoms. The van der Waals surface area contributed by atoms with Crippen LogP contribution in [0.15, 0.2) is 53.4 Å². The third-order valence-electron chi connectivity index (χ3n) is 4.31. The van der Waals surface area contributed by atoms with Crippen molar-refractivity contribution >= 4 is 33.2 Å². The summed E-state index contributed by atoms with van der Waals surface area (Å²) in [5.74, 6) is 2.11. The van der Waals surface area contributed by atoms with E-state index < -0.39 is 9.84 Å². The van der Waals surface area contributed by atoms with Gasteiger partial charge in [-0.2, -0.15) is 11.8 Å². The number of rotatable bonds is 5. The highest BCUT2D eigenvalue weighted by molar-refractivity contribution is 7.99. The lowest BCUT2D eigenvalue weighted by Gasteiger charge is -2.28. The van der Waals surface area contributed by atoms with Crippen LogP contribution in [0.5, 0.6) is 0 Å². The number of nitrogens with one attached hydrogen (secondary N) is 1. The Morgan fingerprint density at radius 1 is 1.04 bits per heavy atom. The van der Waals surface area contributed by atoms with Gasteiger partial charge in [-0.1, -0.05) is 12.1 Å². The van der Waals surface area contributed by atoms with Gasteiger partial charge in [0, 0.05) is 48.6 Å². The fourth-order valence-electron chi connectivity index (χ4n) is 2.78. The lowest BCUT2D eigenvalue weighted by molar-refractivity contribution is 0.0951. The van der Waals surface area contributed by atoms with Gasteiger partial charge in [0.1, 0.15) is 0 Å². The van der Waals surface area contributed by atoms with E-state index in [1.165, 1.54) is 30.0 Å². The summed E-state index contributed by atoms with van der Waals surface area (Å²) in [5, 5.41) is 2.87. The minimum atomic E-state index is -3.25. The number of hydrogen-bond donors (Lipinski definition) is 1. The summed E-state index contributed by atoms with van der Waals surface area (Å²) in [7, 11) is -3.25. The van der Waals surface area contributed by atoms with Gasteiger partial charge in [0.25, 0.3) is 5.91 Å². The van der Waals surface area contributed by atoms with Gasteiger partial charge in [-0.25, -0.2) is 8.42 Å². The zero-order valence-electron chi connectivity index (χ0n) is 14.6. The van der Waals surface area contributed by atoms with Crippen LogP contribution in [0.3, 0.4) is 0 Å². The molecule has 7 heteroatoms. The van der Waals surface area contributed by atoms with Crippen LogP contribution in [0, 0.1) is 0 Å². The van der Waals surface area contributed by atoms with E-state index >= 15 is 0 Å². The van der Waals surface area contributed by atoms with Gasteiger partial charge >= 0.3 is 0 Å². The summed E-state index contributed by atoms with van der Waals surface area (Å²) in [5.41, 5.74) is 2.69. The molecule has 1 heterocycles. The third kappa shape index (κ3) is 4.80. The van der Waals surface area contributed by atoms with Crippen molar-refractivity contribution in [2.24, 2.45) is 0 Å². The molecule has 138 valence electrons. The minimum absolute atomic E-state index is 0.209. The van der Waals surface area contributed by atoms with E-state index in [0.29, 0.717) is 12.1 Å². The first-order valence-electron chi connectivity index (χ1n) is 8.43. The Hall–Kier alpha value is -1.99. The number of nitrogens with zero attached hydrogens (tertiary/aromatic N) is 1. The topological polar surface area (TPSA) is 66.5 Å². The van der Waals surface area contributed by atoms with E-state index in [9.17, 15) is 13.2 Å². The first kappa shape index (κ1) is 18.8. The van der Waals surface area contributed by atoms with Crippen LogP contribution in [-0.2, 0) is 16.4 Å². The van der Waals surface area contributed by atoms with Gasteiger partial charge in [-0.3, -0.25) is 4.79 Å². The van der Waals surface area contributed by atoms with Crippen molar-refractivity contribution in [2.75, 3.05) is 35.8 Å². The van der Waals surface area contributed by atoms with E-state index in [1.54, 1.807) is 0 Å². The number of hydrogen-bond acceptors (Lipinski definition) is 5. The van der Waals surface area contributed by atoms with Gasteiger partial charge in [0.2, 0.25) is 0 Å². The first-order chi connectivity index (χ1) is 12.4. The van der Waals surface area contributed by atoms with Gasteiger partial charge in [0.05, 0.1) is 4.90 Å². The molecule has 0 radical (unpaired) electrons. The highest BCUT2D eigenvalue weighted by atomic mass is 32.2. The normalized spacial score (nSPS) is 14.9. The predicted molar refractivity (Wildman–Crippen MR) is 107 cm³/mol. The van der Waals surface area contributed by atoms with Gasteiger partial charge in [-0.15, -0.1) is 0 Å². The smallest absolute Gasteiger partial charge is 0.251 e. The lowest BCUT2D eigenvalue weighted by Crippen LogP contribution is -2.32. The standard InChI is InChI=1S/C19H22N2O3S2/c1-26(23,24)18-8-4-16(5-9-18)19(22)20-14-15-2-6-17(7-3-15)21-10-12-25-13-11-21/h2-9H,10-14H2,1H3,(H,20,22). The number of amides is 1. The van der Waals surface area contributed by atoms with Crippen molar-refractivity contribution in [3.05, 3.63) is 59.7 Å². The fraction of sp³-hybridized carbons (Fsp3) is 0.316. The molecule has 3 rings (SSSR count). The van der Waals surface area contributed by atoms with Crippen LogP contribution in [0.2, 0.25) is 0 Å². The summed E-state index contributed by atoms with van der Waals surface area (Å²) in [6.45, 7) is 2.58. The van der Waals surface area contributed by atoms with Crippen LogP contribution >= 0.6 is 11.8 Å². The van der Waals surface area contributed by atoms with E-state index in [0.717, 1.165) is 36.4 Å². The fourth-order valence-corrected chi connectivity index (χ4v) is 4.32. The SMILES string of the molecule is CS(=O)(=O)c1ccc(C(=O)NCc2ccc(N3CCSCC3)cc2)cc1. The maximum absolute atomic E-state index is 12.2. The summed E-state index contributed by atoms with van der Waals surface area (Å²) < 4.78 is 22.9. The number of carbonyl (C=O) groups is 1. The van der Waals surface area contributed by atoms with Crippen LogP contribution in [0.25, 0.3) is 0 Å². The molecule has 0 atom stereocenters. The quantitative estimate of drug-likeness (QED) is 0.850. The zero-order valence-corrected chi connectivity index (χ0v) is 16.3. The average Bonchev–Trinajstić information content (AvgIpc) is 2.66. The number of sulfone groups is 1. The molecule has 5 nitrogen and oxygen atoms in total. The molecule has 0 aliphatic carbocycles. The number of anilines is 1. The van der Waals surface area contributed by atoms with Crippen molar-refractivity contribution in [3.63, 3.8) is 0 Å². The summed E-state index contributed by atoms with van der Waals surface area (Å²) in [6.07, 6.45) is 1.15. The van der Waals surface area contributed by atoms with Crippen molar-refractivity contribution in [2.45, 2.75) is 11.4 Å². The van der Waals surface area contributed by atoms with E-state index in [-0.39, 0.29) is 10.8 Å². The third-order valence-corrected chi connectivity index (χ3v) is 6.38. The number of carbonyl (C=O) groups excluding carboxylic acids is 1. The maximum Gasteiger partial charge on any atom is 0.251 e. The molecule has 0 unspecified atom stereocenters. The molecular formula is C19H22N2O3S2. The van der Waals surface area contributed by atoms with E-state index in [1.807, 2.05) is 23.9 Å². The largest absolute Gasteiger partial charge is 0.370 e. The van der Waals surface area contributed by atoms with Crippen molar-refractivity contribution in [3.8, 4) is 0 Å². The van der Waals surface area contributed by atoms with Crippen LogP contribution < -0.4 is 10.2 Å². The van der Waals surface area contributed by atoms with Gasteiger partial charge in [-0.05, 0) is 42.0 Å². The summed E-state index contributed by atoms with van der Waals surface area (Å²) >= 11 is 1.99. The van der Waals surface area contributed by atoms with Crippen LogP contribution in [0.4, 0.5) is 5.69 Å². The molecule has 0 saturated carbocycles. The molecule has 2 aromatic carbocycles. The number of benzene rings is 2. The Labute approximate surface area is 158 Å². The monoisotopic (exact) mass is 390 g/mol. The van der Waals surface area contributed by atoms with Crippen molar-refractivity contribution in [1.29, 1.82) is 0 Å². The molecule has 0 bridgehead atoms. The predicted octanol–water partition coefficient (Wildman–Crippen LogP) is 2.57. The Kier molecular flexibility index (Phi) is 5.88. The Balaban J connectivity index is 1.57. The Morgan fingerprint density at radius 2 is 1.65 bits per heavy atom. The molecule has 1 N–H and O–H groups in total.